The molecular weight excluding hydrogens is 440 g/mol. The van der Waals surface area contributed by atoms with Crippen LogP contribution < -0.4 is 27.6 Å². The van der Waals surface area contributed by atoms with Gasteiger partial charge in [-0.15, -0.1) is 0 Å². The highest BCUT2D eigenvalue weighted by Gasteiger charge is 2.24. The molecule has 0 radical (unpaired) electrons. The quantitative estimate of drug-likeness (QED) is 0.429. The number of H-pyrrole nitrogens is 1. The maximum Gasteiger partial charge on any atom is 0.330 e. The second-order valence-corrected chi connectivity index (χ2v) is 7.95. The SMILES string of the molecule is CCCCn1c(N)c(N(CCOC)C(=O)CCn2c(=O)n(CC)c3ccccc32)c(=O)[nH]c1=O. The average molecular weight is 473 g/mol. The highest BCUT2D eigenvalue weighted by Crippen LogP contribution is 2.19. The van der Waals surface area contributed by atoms with E-state index in [1.165, 1.54) is 16.6 Å². The van der Waals surface area contributed by atoms with Crippen LogP contribution in [0.3, 0.4) is 0 Å². The number of fused-ring (bicyclic) bond motifs is 1. The minimum absolute atomic E-state index is 0.0473. The van der Waals surface area contributed by atoms with E-state index in [4.69, 9.17) is 10.5 Å². The Labute approximate surface area is 196 Å². The lowest BCUT2D eigenvalue weighted by molar-refractivity contribution is -0.119. The van der Waals surface area contributed by atoms with Crippen molar-refractivity contribution in [3.63, 3.8) is 0 Å². The topological polar surface area (TPSA) is 137 Å². The molecule has 0 aliphatic rings. The number of aromatic nitrogens is 4. The lowest BCUT2D eigenvalue weighted by Gasteiger charge is -2.24. The van der Waals surface area contributed by atoms with Gasteiger partial charge in [-0.25, -0.2) is 9.59 Å². The van der Waals surface area contributed by atoms with Gasteiger partial charge < -0.3 is 15.4 Å². The van der Waals surface area contributed by atoms with Crippen LogP contribution in [-0.4, -0.2) is 44.9 Å². The van der Waals surface area contributed by atoms with Crippen molar-refractivity contribution < 1.29 is 9.53 Å². The summed E-state index contributed by atoms with van der Waals surface area (Å²) in [6, 6.07) is 7.40. The third-order valence-electron chi connectivity index (χ3n) is 5.83. The Hall–Kier alpha value is -3.60. The van der Waals surface area contributed by atoms with Crippen molar-refractivity contribution in [2.24, 2.45) is 0 Å². The summed E-state index contributed by atoms with van der Waals surface area (Å²) in [5.74, 6) is -0.471. The molecule has 1 amide bonds. The molecule has 3 N–H and O–H groups in total. The van der Waals surface area contributed by atoms with Crippen LogP contribution >= 0.6 is 0 Å². The summed E-state index contributed by atoms with van der Waals surface area (Å²) in [7, 11) is 1.48. The molecule has 0 aliphatic carbocycles. The summed E-state index contributed by atoms with van der Waals surface area (Å²) in [5, 5.41) is 0. The van der Waals surface area contributed by atoms with Crippen molar-refractivity contribution in [1.82, 2.24) is 18.7 Å². The molecule has 0 spiro atoms. The fraction of sp³-hybridized carbons (Fsp3) is 0.478. The number of imidazole rings is 1. The monoisotopic (exact) mass is 472 g/mol. The van der Waals surface area contributed by atoms with Crippen LogP contribution in [0, 0.1) is 0 Å². The minimum Gasteiger partial charge on any atom is -0.383 e. The number of rotatable bonds is 11. The molecule has 0 aliphatic heterocycles. The Morgan fingerprint density at radius 3 is 2.35 bits per heavy atom. The lowest BCUT2D eigenvalue weighted by atomic mass is 10.2. The highest BCUT2D eigenvalue weighted by atomic mass is 16.5. The molecule has 0 unspecified atom stereocenters. The average Bonchev–Trinajstić information content (AvgIpc) is 3.09. The van der Waals surface area contributed by atoms with Crippen LogP contribution in [0.2, 0.25) is 0 Å². The third kappa shape index (κ3) is 4.84. The van der Waals surface area contributed by atoms with Gasteiger partial charge in [0.25, 0.3) is 5.56 Å². The molecule has 3 aromatic rings. The Morgan fingerprint density at radius 1 is 1.06 bits per heavy atom. The number of nitrogens with two attached hydrogens (primary N) is 1. The first-order valence-electron chi connectivity index (χ1n) is 11.5. The van der Waals surface area contributed by atoms with Crippen LogP contribution in [0.15, 0.2) is 38.6 Å². The van der Waals surface area contributed by atoms with E-state index in [0.717, 1.165) is 17.5 Å². The first-order valence-corrected chi connectivity index (χ1v) is 11.5. The van der Waals surface area contributed by atoms with Crippen LogP contribution in [0.1, 0.15) is 33.1 Å². The molecule has 0 saturated heterocycles. The maximum atomic E-state index is 13.3. The van der Waals surface area contributed by atoms with Crippen LogP contribution in [0.5, 0.6) is 0 Å². The second-order valence-electron chi connectivity index (χ2n) is 7.95. The Balaban J connectivity index is 1.96. The first kappa shape index (κ1) is 25.0. The molecule has 1 aromatic carbocycles. The third-order valence-corrected chi connectivity index (χ3v) is 5.83. The first-order chi connectivity index (χ1) is 16.3. The van der Waals surface area contributed by atoms with Gasteiger partial charge in [-0.1, -0.05) is 25.5 Å². The zero-order valence-corrected chi connectivity index (χ0v) is 19.9. The lowest BCUT2D eigenvalue weighted by Crippen LogP contribution is -2.43. The minimum atomic E-state index is -0.737. The Kier molecular flexibility index (Phi) is 8.11. The number of hydrogen-bond donors (Lipinski definition) is 2. The molecule has 34 heavy (non-hydrogen) atoms. The van der Waals surface area contributed by atoms with Gasteiger partial charge in [0.2, 0.25) is 5.91 Å². The number of carbonyl (C=O) groups is 1. The predicted molar refractivity (Wildman–Crippen MR) is 131 cm³/mol. The number of nitrogens with zero attached hydrogens (tertiary/aromatic N) is 4. The molecule has 2 aromatic heterocycles. The van der Waals surface area contributed by atoms with Crippen molar-refractivity contribution in [1.29, 1.82) is 0 Å². The number of nitrogens with one attached hydrogen (secondary N) is 1. The number of unbranched alkanes of at least 4 members (excludes halogenated alkanes) is 1. The summed E-state index contributed by atoms with van der Waals surface area (Å²) in [6.07, 6.45) is 1.47. The number of amides is 1. The molecule has 11 nitrogen and oxygen atoms in total. The molecule has 11 heteroatoms. The van der Waals surface area contributed by atoms with Gasteiger partial charge in [0.05, 0.1) is 17.6 Å². The number of para-hydroxylation sites is 2. The normalized spacial score (nSPS) is 11.3. The summed E-state index contributed by atoms with van der Waals surface area (Å²) >= 11 is 0. The summed E-state index contributed by atoms with van der Waals surface area (Å²) in [5.41, 5.74) is 6.10. The molecule has 0 fully saturated rings. The number of methoxy groups -OCH3 is 1. The van der Waals surface area contributed by atoms with E-state index in [-0.39, 0.29) is 43.3 Å². The molecule has 0 bridgehead atoms. The van der Waals surface area contributed by atoms with Crippen molar-refractivity contribution in [3.8, 4) is 0 Å². The van der Waals surface area contributed by atoms with Crippen LogP contribution in [-0.2, 0) is 29.2 Å². The second kappa shape index (κ2) is 11.0. The number of aryl methyl sites for hydroxylation is 2. The van der Waals surface area contributed by atoms with Gasteiger partial charge >= 0.3 is 11.4 Å². The van der Waals surface area contributed by atoms with Crippen LogP contribution in [0.25, 0.3) is 11.0 Å². The van der Waals surface area contributed by atoms with E-state index in [0.29, 0.717) is 19.5 Å². The highest BCUT2D eigenvalue weighted by molar-refractivity contribution is 5.95. The number of carbonyl (C=O) groups excluding carboxylic acids is 1. The number of hydrogen-bond acceptors (Lipinski definition) is 6. The maximum absolute atomic E-state index is 13.3. The summed E-state index contributed by atoms with van der Waals surface area (Å²) < 4.78 is 9.60. The van der Waals surface area contributed by atoms with Gasteiger partial charge in [0.15, 0.2) is 5.69 Å². The fourth-order valence-corrected chi connectivity index (χ4v) is 4.06. The van der Waals surface area contributed by atoms with Gasteiger partial charge in [0.1, 0.15) is 5.82 Å². The van der Waals surface area contributed by atoms with Crippen molar-refractivity contribution in [2.75, 3.05) is 30.9 Å². The fourth-order valence-electron chi connectivity index (χ4n) is 4.06. The van der Waals surface area contributed by atoms with E-state index in [1.54, 1.807) is 9.13 Å². The molecule has 184 valence electrons. The Morgan fingerprint density at radius 2 is 1.74 bits per heavy atom. The number of anilines is 2. The zero-order chi connectivity index (χ0) is 24.8. The zero-order valence-electron chi connectivity index (χ0n) is 19.9. The number of benzene rings is 1. The summed E-state index contributed by atoms with van der Waals surface area (Å²) in [4.78, 5) is 54.7. The number of aromatic amines is 1. The smallest absolute Gasteiger partial charge is 0.330 e. The van der Waals surface area contributed by atoms with Crippen molar-refractivity contribution in [3.05, 3.63) is 55.6 Å². The largest absolute Gasteiger partial charge is 0.383 e. The van der Waals surface area contributed by atoms with E-state index in [1.807, 2.05) is 38.1 Å². The van der Waals surface area contributed by atoms with E-state index < -0.39 is 17.2 Å². The standard InChI is InChI=1S/C23H32N6O5/c1-4-6-12-29-20(24)19(21(31)25-22(29)32)28(14-15-34-3)18(30)11-13-27-17-10-8-7-9-16(17)26(5-2)23(27)33/h7-10H,4-6,11-15,24H2,1-3H3,(H,25,31,32). The predicted octanol–water partition coefficient (Wildman–Crippen LogP) is 1.12. The Bertz CT molecular complexity index is 1330. The van der Waals surface area contributed by atoms with Gasteiger partial charge in [-0.05, 0) is 25.5 Å². The molecule has 2 heterocycles. The number of ether oxygens (including phenoxy) is 1. The molecule has 0 atom stereocenters. The summed E-state index contributed by atoms with van der Waals surface area (Å²) in [6.45, 7) is 5.04. The number of nitrogen functional groups attached to an aromatic ring is 1. The molecule has 0 saturated carbocycles. The van der Waals surface area contributed by atoms with Gasteiger partial charge in [0, 0.05) is 39.7 Å². The van der Waals surface area contributed by atoms with Gasteiger partial charge in [-0.2, -0.15) is 0 Å². The molecule has 3 rings (SSSR count). The van der Waals surface area contributed by atoms with Gasteiger partial charge in [-0.3, -0.25) is 28.3 Å². The van der Waals surface area contributed by atoms with Crippen molar-refractivity contribution in [2.45, 2.75) is 52.7 Å². The van der Waals surface area contributed by atoms with Crippen molar-refractivity contribution >= 4 is 28.4 Å². The molecular formula is C23H32N6O5. The van der Waals surface area contributed by atoms with E-state index in [9.17, 15) is 19.2 Å². The van der Waals surface area contributed by atoms with E-state index in [2.05, 4.69) is 4.98 Å². The van der Waals surface area contributed by atoms with Crippen LogP contribution in [0.4, 0.5) is 11.5 Å². The van der Waals surface area contributed by atoms with E-state index >= 15 is 0 Å².